The van der Waals surface area contributed by atoms with E-state index in [0.717, 1.165) is 22.8 Å². The lowest BCUT2D eigenvalue weighted by Crippen LogP contribution is -1.97. The van der Waals surface area contributed by atoms with Crippen molar-refractivity contribution in [3.05, 3.63) is 22.8 Å². The van der Waals surface area contributed by atoms with Crippen LogP contribution in [-0.4, -0.2) is 9.97 Å². The third-order valence-corrected chi connectivity index (χ3v) is 1.72. The van der Waals surface area contributed by atoms with Gasteiger partial charge in [0.2, 0.25) is 0 Å². The monoisotopic (exact) mass is 152 g/mol. The van der Waals surface area contributed by atoms with Gasteiger partial charge >= 0.3 is 0 Å². The molecule has 0 spiro atoms. The molecule has 11 heavy (non-hydrogen) atoms. The second kappa shape index (κ2) is 3.46. The molecule has 1 rings (SSSR count). The Kier molecular flexibility index (Phi) is 3.18. The maximum Gasteiger partial charge on any atom is 0.0588 e. The average molecular weight is 152 g/mol. The van der Waals surface area contributed by atoms with Gasteiger partial charge in [-0.3, -0.25) is 9.97 Å². The van der Waals surface area contributed by atoms with Crippen molar-refractivity contribution in [2.75, 3.05) is 0 Å². The maximum absolute atomic E-state index is 4.31. The molecule has 2 nitrogen and oxygen atoms in total. The quantitative estimate of drug-likeness (QED) is 0.570. The van der Waals surface area contributed by atoms with Gasteiger partial charge in [0.25, 0.3) is 0 Å². The number of hydrogen-bond acceptors (Lipinski definition) is 2. The molecule has 2 heteroatoms. The summed E-state index contributed by atoms with van der Waals surface area (Å²) < 4.78 is 0. The Labute approximate surface area is 68.7 Å². The number of aryl methyl sites for hydroxylation is 4. The van der Waals surface area contributed by atoms with Crippen LogP contribution in [0.5, 0.6) is 0 Å². The van der Waals surface area contributed by atoms with E-state index >= 15 is 0 Å². The van der Waals surface area contributed by atoms with Crippen LogP contribution in [0.3, 0.4) is 0 Å². The lowest BCUT2D eigenvalue weighted by Gasteiger charge is -2.01. The minimum Gasteiger partial charge on any atom is -0.255 e. The minimum atomic E-state index is 0. The summed E-state index contributed by atoms with van der Waals surface area (Å²) in [5.41, 5.74) is 4.12. The predicted octanol–water partition coefficient (Wildman–Crippen LogP) is 2.35. The lowest BCUT2D eigenvalue weighted by atomic mass is 10.3. The molecule has 0 N–H and O–H groups in total. The highest BCUT2D eigenvalue weighted by atomic mass is 14.8. The number of rotatable bonds is 0. The molecule has 0 radical (unpaired) electrons. The highest BCUT2D eigenvalue weighted by Crippen LogP contribution is 2.04. The molecular weight excluding hydrogens is 136 g/mol. The molecule has 1 heterocycles. The molecule has 1 aromatic rings. The Balaban J connectivity index is 0.000001000. The van der Waals surface area contributed by atoms with Gasteiger partial charge in [-0.25, -0.2) is 0 Å². The van der Waals surface area contributed by atoms with Crippen LogP contribution in [0, 0.1) is 27.7 Å². The Morgan fingerprint density at radius 3 is 1.00 bits per heavy atom. The maximum atomic E-state index is 4.31. The predicted molar refractivity (Wildman–Crippen MR) is 47.7 cm³/mol. The summed E-state index contributed by atoms with van der Waals surface area (Å²) in [6.07, 6.45) is 0. The Hall–Kier alpha value is -0.920. The number of nitrogens with zero attached hydrogens (tertiary/aromatic N) is 2. The van der Waals surface area contributed by atoms with Crippen molar-refractivity contribution in [2.45, 2.75) is 35.1 Å². The second-order valence-electron chi connectivity index (χ2n) is 2.57. The van der Waals surface area contributed by atoms with Crippen molar-refractivity contribution in [3.8, 4) is 0 Å². The molecule has 0 saturated carbocycles. The van der Waals surface area contributed by atoms with Gasteiger partial charge in [0.1, 0.15) is 0 Å². The van der Waals surface area contributed by atoms with Gasteiger partial charge in [0.15, 0.2) is 0 Å². The molecule has 0 saturated heterocycles. The molecule has 0 unspecified atom stereocenters. The van der Waals surface area contributed by atoms with Crippen molar-refractivity contribution < 1.29 is 0 Å². The molecule has 1 aromatic heterocycles. The Bertz CT molecular complexity index is 204. The van der Waals surface area contributed by atoms with Crippen LogP contribution < -0.4 is 0 Å². The van der Waals surface area contributed by atoms with Gasteiger partial charge in [-0.2, -0.15) is 0 Å². The van der Waals surface area contributed by atoms with Crippen LogP contribution in [0.1, 0.15) is 30.2 Å². The molecule has 0 bridgehead atoms. The van der Waals surface area contributed by atoms with Crippen LogP contribution in [0.15, 0.2) is 0 Å². The first-order chi connectivity index (χ1) is 4.61. The van der Waals surface area contributed by atoms with E-state index in [9.17, 15) is 0 Å². The zero-order chi connectivity index (χ0) is 7.72. The summed E-state index contributed by atoms with van der Waals surface area (Å²) in [5, 5.41) is 0. The van der Waals surface area contributed by atoms with Crippen LogP contribution in [0.4, 0.5) is 0 Å². The van der Waals surface area contributed by atoms with E-state index in [-0.39, 0.29) is 7.43 Å². The average Bonchev–Trinajstić information content (AvgIpc) is 1.84. The molecule has 0 aromatic carbocycles. The standard InChI is InChI=1S/C8H12N2.CH4/c1-5-6(2)10-8(4)7(3)9-5;/h1-4H3;1H4. The fourth-order valence-electron chi connectivity index (χ4n) is 0.827. The first-order valence-corrected chi connectivity index (χ1v) is 3.39. The van der Waals surface area contributed by atoms with E-state index < -0.39 is 0 Å². The van der Waals surface area contributed by atoms with Crippen LogP contribution in [0.2, 0.25) is 0 Å². The van der Waals surface area contributed by atoms with Crippen molar-refractivity contribution in [1.29, 1.82) is 0 Å². The van der Waals surface area contributed by atoms with E-state index in [1.807, 2.05) is 27.7 Å². The normalized spacial score (nSPS) is 9.09. The van der Waals surface area contributed by atoms with Crippen LogP contribution >= 0.6 is 0 Å². The van der Waals surface area contributed by atoms with Gasteiger partial charge in [0, 0.05) is 0 Å². The van der Waals surface area contributed by atoms with Crippen LogP contribution in [0.25, 0.3) is 0 Å². The van der Waals surface area contributed by atoms with Gasteiger partial charge in [-0.1, -0.05) is 7.43 Å². The van der Waals surface area contributed by atoms with Crippen molar-refractivity contribution >= 4 is 0 Å². The lowest BCUT2D eigenvalue weighted by molar-refractivity contribution is 0.959. The number of aromatic nitrogens is 2. The van der Waals surface area contributed by atoms with E-state index in [0.29, 0.717) is 0 Å². The largest absolute Gasteiger partial charge is 0.255 e. The van der Waals surface area contributed by atoms with Crippen molar-refractivity contribution in [3.63, 3.8) is 0 Å². The summed E-state index contributed by atoms with van der Waals surface area (Å²) in [7, 11) is 0. The number of hydrogen-bond donors (Lipinski definition) is 0. The van der Waals surface area contributed by atoms with Gasteiger partial charge in [0.05, 0.1) is 22.8 Å². The summed E-state index contributed by atoms with van der Waals surface area (Å²) >= 11 is 0. The van der Waals surface area contributed by atoms with Gasteiger partial charge < -0.3 is 0 Å². The zero-order valence-corrected chi connectivity index (χ0v) is 6.89. The molecule has 0 aliphatic carbocycles. The summed E-state index contributed by atoms with van der Waals surface area (Å²) in [6.45, 7) is 7.92. The fourth-order valence-corrected chi connectivity index (χ4v) is 0.827. The molecule has 0 aliphatic heterocycles. The second-order valence-corrected chi connectivity index (χ2v) is 2.57. The Morgan fingerprint density at radius 2 is 0.818 bits per heavy atom. The molecule has 62 valence electrons. The topological polar surface area (TPSA) is 25.8 Å². The van der Waals surface area contributed by atoms with E-state index in [2.05, 4.69) is 9.97 Å². The summed E-state index contributed by atoms with van der Waals surface area (Å²) in [4.78, 5) is 8.62. The van der Waals surface area contributed by atoms with E-state index in [1.165, 1.54) is 0 Å². The first-order valence-electron chi connectivity index (χ1n) is 3.39. The summed E-state index contributed by atoms with van der Waals surface area (Å²) in [6, 6.07) is 0. The summed E-state index contributed by atoms with van der Waals surface area (Å²) in [5.74, 6) is 0. The third kappa shape index (κ3) is 2.00. The molecular formula is C9H16N2. The van der Waals surface area contributed by atoms with Gasteiger partial charge in [-0.15, -0.1) is 0 Å². The molecule has 0 fully saturated rings. The highest BCUT2D eigenvalue weighted by Gasteiger charge is 1.98. The Morgan fingerprint density at radius 1 is 0.636 bits per heavy atom. The molecule has 0 amide bonds. The minimum absolute atomic E-state index is 0. The van der Waals surface area contributed by atoms with E-state index in [4.69, 9.17) is 0 Å². The van der Waals surface area contributed by atoms with Crippen LogP contribution in [-0.2, 0) is 0 Å². The smallest absolute Gasteiger partial charge is 0.0588 e. The van der Waals surface area contributed by atoms with Crippen molar-refractivity contribution in [1.82, 2.24) is 9.97 Å². The first kappa shape index (κ1) is 10.1. The van der Waals surface area contributed by atoms with Gasteiger partial charge in [-0.05, 0) is 27.7 Å². The highest BCUT2D eigenvalue weighted by molar-refractivity contribution is 5.16. The third-order valence-electron chi connectivity index (χ3n) is 1.72. The fraction of sp³-hybridized carbons (Fsp3) is 0.556. The zero-order valence-electron chi connectivity index (χ0n) is 6.89. The molecule has 0 aliphatic rings. The molecule has 0 atom stereocenters. The SMILES string of the molecule is C.Cc1nc(C)c(C)nc1C. The van der Waals surface area contributed by atoms with Crippen molar-refractivity contribution in [2.24, 2.45) is 0 Å². The van der Waals surface area contributed by atoms with E-state index in [1.54, 1.807) is 0 Å².